The average Bonchev–Trinajstić information content (AvgIpc) is 2.29. The fraction of sp³-hybridized carbons (Fsp3) is 0.417. The third kappa shape index (κ3) is 2.85. The van der Waals surface area contributed by atoms with E-state index in [9.17, 15) is 18.0 Å². The summed E-state index contributed by atoms with van der Waals surface area (Å²) in [6.07, 6.45) is -3.76. The van der Waals surface area contributed by atoms with Gasteiger partial charge in [0.2, 0.25) is 0 Å². The standard InChI is InChI=1S/C12H11BrF3NO/c13-8-1-2-11(10(7-8)12(14,15)16)17-5-3-9(18)4-6-17/h1-2,7H,3-6H2. The van der Waals surface area contributed by atoms with Crippen molar-refractivity contribution in [2.45, 2.75) is 19.0 Å². The molecule has 1 saturated heterocycles. The molecule has 0 atom stereocenters. The zero-order valence-electron chi connectivity index (χ0n) is 9.43. The molecule has 0 aromatic heterocycles. The number of hydrogen-bond acceptors (Lipinski definition) is 2. The second-order valence-electron chi connectivity index (χ2n) is 4.18. The topological polar surface area (TPSA) is 20.3 Å². The molecule has 0 unspecified atom stereocenters. The van der Waals surface area contributed by atoms with Gasteiger partial charge in [0.1, 0.15) is 5.78 Å². The van der Waals surface area contributed by atoms with Gasteiger partial charge in [-0.05, 0) is 18.2 Å². The molecule has 1 aromatic rings. The zero-order chi connectivity index (χ0) is 13.3. The van der Waals surface area contributed by atoms with Crippen LogP contribution >= 0.6 is 15.9 Å². The van der Waals surface area contributed by atoms with Crippen molar-refractivity contribution >= 4 is 27.4 Å². The van der Waals surface area contributed by atoms with Gasteiger partial charge in [0.25, 0.3) is 0 Å². The van der Waals surface area contributed by atoms with Crippen LogP contribution < -0.4 is 4.90 Å². The normalized spacial score (nSPS) is 17.1. The lowest BCUT2D eigenvalue weighted by atomic mass is 10.1. The number of rotatable bonds is 1. The Hall–Kier alpha value is -1.04. The first-order valence-electron chi connectivity index (χ1n) is 5.51. The van der Waals surface area contributed by atoms with Crippen molar-refractivity contribution in [2.24, 2.45) is 0 Å². The van der Waals surface area contributed by atoms with Crippen LogP contribution in [0.4, 0.5) is 18.9 Å². The quantitative estimate of drug-likeness (QED) is 0.787. The molecule has 0 radical (unpaired) electrons. The number of carbonyl (C=O) groups is 1. The minimum atomic E-state index is -4.39. The van der Waals surface area contributed by atoms with Crippen molar-refractivity contribution in [2.75, 3.05) is 18.0 Å². The number of piperidine rings is 1. The van der Waals surface area contributed by atoms with E-state index in [1.807, 2.05) is 0 Å². The van der Waals surface area contributed by atoms with E-state index in [4.69, 9.17) is 0 Å². The molecule has 1 aromatic carbocycles. The maximum Gasteiger partial charge on any atom is 0.418 e. The molecule has 0 spiro atoms. The van der Waals surface area contributed by atoms with E-state index in [0.29, 0.717) is 30.4 Å². The van der Waals surface area contributed by atoms with E-state index in [1.165, 1.54) is 6.07 Å². The first-order chi connectivity index (χ1) is 8.38. The Morgan fingerprint density at radius 1 is 1.17 bits per heavy atom. The highest BCUT2D eigenvalue weighted by atomic mass is 79.9. The van der Waals surface area contributed by atoms with Crippen LogP contribution in [0, 0.1) is 0 Å². The van der Waals surface area contributed by atoms with Crippen LogP contribution in [0.2, 0.25) is 0 Å². The van der Waals surface area contributed by atoms with Crippen molar-refractivity contribution in [3.63, 3.8) is 0 Å². The fourth-order valence-electron chi connectivity index (χ4n) is 2.01. The van der Waals surface area contributed by atoms with Crippen molar-refractivity contribution < 1.29 is 18.0 Å². The Labute approximate surface area is 111 Å². The predicted molar refractivity (Wildman–Crippen MR) is 65.6 cm³/mol. The lowest BCUT2D eigenvalue weighted by Crippen LogP contribution is -2.35. The number of Topliss-reactive ketones (excluding diaryl/α,β-unsaturated/α-hetero) is 1. The number of halogens is 4. The molecule has 98 valence electrons. The number of benzene rings is 1. The molecule has 0 bridgehead atoms. The van der Waals surface area contributed by atoms with Gasteiger partial charge in [-0.3, -0.25) is 4.79 Å². The Morgan fingerprint density at radius 2 is 1.78 bits per heavy atom. The molecule has 0 aliphatic carbocycles. The molecule has 0 saturated carbocycles. The summed E-state index contributed by atoms with van der Waals surface area (Å²) in [6, 6.07) is 4.11. The second kappa shape index (κ2) is 4.91. The van der Waals surface area contributed by atoms with Crippen LogP contribution in [0.15, 0.2) is 22.7 Å². The summed E-state index contributed by atoms with van der Waals surface area (Å²) in [5, 5.41) is 0. The number of hydrogen-bond donors (Lipinski definition) is 0. The summed E-state index contributed by atoms with van der Waals surface area (Å²) >= 11 is 3.05. The van der Waals surface area contributed by atoms with Crippen molar-refractivity contribution in [1.29, 1.82) is 0 Å². The zero-order valence-corrected chi connectivity index (χ0v) is 11.0. The summed E-state index contributed by atoms with van der Waals surface area (Å²) in [6.45, 7) is 0.701. The summed E-state index contributed by atoms with van der Waals surface area (Å²) in [4.78, 5) is 12.7. The van der Waals surface area contributed by atoms with Gasteiger partial charge in [0.05, 0.1) is 5.56 Å². The number of ketones is 1. The number of carbonyl (C=O) groups excluding carboxylic acids is 1. The first-order valence-corrected chi connectivity index (χ1v) is 6.30. The Kier molecular flexibility index (Phi) is 3.66. The fourth-order valence-corrected chi connectivity index (χ4v) is 2.37. The van der Waals surface area contributed by atoms with E-state index >= 15 is 0 Å². The summed E-state index contributed by atoms with van der Waals surface area (Å²) in [5.74, 6) is 0.108. The van der Waals surface area contributed by atoms with Crippen LogP contribution in [0.25, 0.3) is 0 Å². The molecule has 1 heterocycles. The molecule has 1 fully saturated rings. The molecule has 0 amide bonds. The van der Waals surface area contributed by atoms with E-state index < -0.39 is 11.7 Å². The van der Waals surface area contributed by atoms with Gasteiger partial charge in [-0.25, -0.2) is 0 Å². The highest BCUT2D eigenvalue weighted by molar-refractivity contribution is 9.10. The van der Waals surface area contributed by atoms with Crippen molar-refractivity contribution in [3.05, 3.63) is 28.2 Å². The van der Waals surface area contributed by atoms with Crippen LogP contribution in [-0.2, 0) is 11.0 Å². The maximum absolute atomic E-state index is 12.9. The smallest absolute Gasteiger partial charge is 0.370 e. The van der Waals surface area contributed by atoms with E-state index in [0.717, 1.165) is 6.07 Å². The minimum absolute atomic E-state index is 0.108. The van der Waals surface area contributed by atoms with Gasteiger partial charge in [-0.1, -0.05) is 15.9 Å². The molecule has 6 heteroatoms. The Bertz CT molecular complexity index is 463. The molecule has 2 nitrogen and oxygen atoms in total. The molecule has 1 aliphatic rings. The van der Waals surface area contributed by atoms with E-state index in [2.05, 4.69) is 15.9 Å². The minimum Gasteiger partial charge on any atom is -0.370 e. The lowest BCUT2D eigenvalue weighted by molar-refractivity contribution is -0.137. The molecule has 18 heavy (non-hydrogen) atoms. The van der Waals surface area contributed by atoms with Crippen LogP contribution in [-0.4, -0.2) is 18.9 Å². The van der Waals surface area contributed by atoms with Crippen molar-refractivity contribution in [3.8, 4) is 0 Å². The molecular weight excluding hydrogens is 311 g/mol. The van der Waals surface area contributed by atoms with Gasteiger partial charge >= 0.3 is 6.18 Å². The Balaban J connectivity index is 2.35. The van der Waals surface area contributed by atoms with Crippen LogP contribution in [0.3, 0.4) is 0 Å². The SMILES string of the molecule is O=C1CCN(c2ccc(Br)cc2C(F)(F)F)CC1. The van der Waals surface area contributed by atoms with Gasteiger partial charge in [0, 0.05) is 36.1 Å². The molecule has 2 rings (SSSR count). The monoisotopic (exact) mass is 321 g/mol. The predicted octanol–water partition coefficient (Wildman–Crippen LogP) is 3.64. The van der Waals surface area contributed by atoms with Crippen LogP contribution in [0.5, 0.6) is 0 Å². The summed E-state index contributed by atoms with van der Waals surface area (Å²) in [7, 11) is 0. The van der Waals surface area contributed by atoms with Gasteiger partial charge in [-0.15, -0.1) is 0 Å². The second-order valence-corrected chi connectivity index (χ2v) is 5.10. The molecule has 1 aliphatic heterocycles. The summed E-state index contributed by atoms with van der Waals surface area (Å²) in [5.41, 5.74) is -0.510. The third-order valence-electron chi connectivity index (χ3n) is 2.93. The number of nitrogens with zero attached hydrogens (tertiary/aromatic N) is 1. The van der Waals surface area contributed by atoms with E-state index in [1.54, 1.807) is 11.0 Å². The largest absolute Gasteiger partial charge is 0.418 e. The molecular formula is C12H11BrF3NO. The highest BCUT2D eigenvalue weighted by Crippen LogP contribution is 2.38. The first kappa shape index (κ1) is 13.4. The summed E-state index contributed by atoms with van der Waals surface area (Å²) < 4.78 is 39.2. The lowest BCUT2D eigenvalue weighted by Gasteiger charge is -2.30. The van der Waals surface area contributed by atoms with Gasteiger partial charge < -0.3 is 4.90 Å². The molecule has 0 N–H and O–H groups in total. The Morgan fingerprint density at radius 3 is 2.33 bits per heavy atom. The van der Waals surface area contributed by atoms with Crippen LogP contribution in [0.1, 0.15) is 18.4 Å². The third-order valence-corrected chi connectivity index (χ3v) is 3.42. The average molecular weight is 322 g/mol. The van der Waals surface area contributed by atoms with Gasteiger partial charge in [-0.2, -0.15) is 13.2 Å². The van der Waals surface area contributed by atoms with Crippen molar-refractivity contribution in [1.82, 2.24) is 0 Å². The highest BCUT2D eigenvalue weighted by Gasteiger charge is 2.35. The van der Waals surface area contributed by atoms with E-state index in [-0.39, 0.29) is 11.5 Å². The van der Waals surface area contributed by atoms with Gasteiger partial charge in [0.15, 0.2) is 0 Å². The number of anilines is 1. The maximum atomic E-state index is 12.9. The number of alkyl halides is 3.